The van der Waals surface area contributed by atoms with Crippen molar-refractivity contribution in [3.8, 4) is 17.2 Å². The number of nitrogens with two attached hydrogens (primary N) is 1. The van der Waals surface area contributed by atoms with Gasteiger partial charge in [0, 0.05) is 12.3 Å². The van der Waals surface area contributed by atoms with Gasteiger partial charge in [0.2, 0.25) is 0 Å². The first kappa shape index (κ1) is 11.2. The number of anilines is 1. The summed E-state index contributed by atoms with van der Waals surface area (Å²) in [5.74, 6) is 7.77. The van der Waals surface area contributed by atoms with Gasteiger partial charge < -0.3 is 14.9 Å². The summed E-state index contributed by atoms with van der Waals surface area (Å²) in [5.41, 5.74) is 2.46. The lowest BCUT2D eigenvalue weighted by Crippen LogP contribution is -2.08. The molecule has 17 heavy (non-hydrogen) atoms. The molecule has 0 aliphatic carbocycles. The van der Waals surface area contributed by atoms with Gasteiger partial charge in [0.05, 0.1) is 7.11 Å². The fraction of sp³-hybridized carbons (Fsp3) is 0.0833. The number of pyridine rings is 1. The molecule has 2 aromatic rings. The van der Waals surface area contributed by atoms with Crippen molar-refractivity contribution in [3.05, 3.63) is 42.6 Å². The molecule has 0 atom stereocenters. The molecule has 0 spiro atoms. The van der Waals surface area contributed by atoms with Gasteiger partial charge in [0.15, 0.2) is 11.5 Å². The second-order valence-corrected chi connectivity index (χ2v) is 3.27. The van der Waals surface area contributed by atoms with Crippen LogP contribution in [0.1, 0.15) is 0 Å². The van der Waals surface area contributed by atoms with E-state index in [1.165, 1.54) is 0 Å². The summed E-state index contributed by atoms with van der Waals surface area (Å²) in [6.07, 6.45) is 1.61. The van der Waals surface area contributed by atoms with E-state index in [0.717, 1.165) is 0 Å². The van der Waals surface area contributed by atoms with Crippen molar-refractivity contribution in [2.45, 2.75) is 0 Å². The smallest absolute Gasteiger partial charge is 0.169 e. The Labute approximate surface area is 99.2 Å². The van der Waals surface area contributed by atoms with Gasteiger partial charge in [-0.1, -0.05) is 12.1 Å². The van der Waals surface area contributed by atoms with Crippen molar-refractivity contribution >= 4 is 5.82 Å². The Morgan fingerprint density at radius 3 is 2.65 bits per heavy atom. The minimum Gasteiger partial charge on any atom is -0.493 e. The summed E-state index contributed by atoms with van der Waals surface area (Å²) < 4.78 is 10.9. The second kappa shape index (κ2) is 5.18. The molecule has 0 unspecified atom stereocenters. The zero-order valence-corrected chi connectivity index (χ0v) is 9.38. The molecular weight excluding hydrogens is 218 g/mol. The summed E-state index contributed by atoms with van der Waals surface area (Å²) in [5, 5.41) is 0. The SMILES string of the molecule is COc1ccccc1Oc1ccnc(NN)c1. The summed E-state index contributed by atoms with van der Waals surface area (Å²) >= 11 is 0. The van der Waals surface area contributed by atoms with Crippen molar-refractivity contribution in [1.29, 1.82) is 0 Å². The number of hydrogen-bond acceptors (Lipinski definition) is 5. The molecule has 0 aliphatic rings. The zero-order chi connectivity index (χ0) is 12.1. The molecule has 88 valence electrons. The lowest BCUT2D eigenvalue weighted by Gasteiger charge is -2.10. The second-order valence-electron chi connectivity index (χ2n) is 3.27. The number of hydrazine groups is 1. The van der Waals surface area contributed by atoms with Crippen LogP contribution in [0.5, 0.6) is 17.2 Å². The summed E-state index contributed by atoms with van der Waals surface area (Å²) in [7, 11) is 1.60. The highest BCUT2D eigenvalue weighted by molar-refractivity contribution is 5.45. The van der Waals surface area contributed by atoms with Gasteiger partial charge in [-0.3, -0.25) is 0 Å². The molecule has 0 saturated carbocycles. The number of rotatable bonds is 4. The summed E-state index contributed by atoms with van der Waals surface area (Å²) in [4.78, 5) is 3.99. The normalized spacial score (nSPS) is 9.76. The van der Waals surface area contributed by atoms with Crippen LogP contribution in [0.15, 0.2) is 42.6 Å². The number of benzene rings is 1. The number of methoxy groups -OCH3 is 1. The third-order valence-corrected chi connectivity index (χ3v) is 2.18. The van der Waals surface area contributed by atoms with E-state index in [-0.39, 0.29) is 0 Å². The first-order chi connectivity index (χ1) is 8.33. The van der Waals surface area contributed by atoms with Crippen LogP contribution in [0.4, 0.5) is 5.82 Å². The molecule has 1 aromatic carbocycles. The average molecular weight is 231 g/mol. The van der Waals surface area contributed by atoms with E-state index in [9.17, 15) is 0 Å². The van der Waals surface area contributed by atoms with E-state index in [1.807, 2.05) is 24.3 Å². The zero-order valence-electron chi connectivity index (χ0n) is 9.38. The topological polar surface area (TPSA) is 69.4 Å². The lowest BCUT2D eigenvalue weighted by molar-refractivity contribution is 0.379. The van der Waals surface area contributed by atoms with Gasteiger partial charge in [0.25, 0.3) is 0 Å². The van der Waals surface area contributed by atoms with Gasteiger partial charge >= 0.3 is 0 Å². The largest absolute Gasteiger partial charge is 0.493 e. The van der Waals surface area contributed by atoms with Crippen LogP contribution in [0.25, 0.3) is 0 Å². The van der Waals surface area contributed by atoms with Gasteiger partial charge in [0.1, 0.15) is 11.6 Å². The summed E-state index contributed by atoms with van der Waals surface area (Å²) in [6, 6.07) is 10.9. The molecule has 0 fully saturated rings. The maximum absolute atomic E-state index is 5.68. The van der Waals surface area contributed by atoms with E-state index in [2.05, 4.69) is 10.4 Å². The van der Waals surface area contributed by atoms with Gasteiger partial charge in [-0.2, -0.15) is 0 Å². The molecule has 0 aliphatic heterocycles. The maximum Gasteiger partial charge on any atom is 0.169 e. The Balaban J connectivity index is 2.24. The van der Waals surface area contributed by atoms with Crippen LogP contribution < -0.4 is 20.7 Å². The van der Waals surface area contributed by atoms with Crippen molar-refractivity contribution in [2.75, 3.05) is 12.5 Å². The number of nitrogen functional groups attached to an aromatic ring is 1. The molecule has 1 aromatic heterocycles. The molecule has 0 radical (unpaired) electrons. The first-order valence-electron chi connectivity index (χ1n) is 5.07. The van der Waals surface area contributed by atoms with E-state index in [1.54, 1.807) is 25.4 Å². The molecule has 5 nitrogen and oxygen atoms in total. The van der Waals surface area contributed by atoms with E-state index < -0.39 is 0 Å². The molecule has 0 saturated heterocycles. The van der Waals surface area contributed by atoms with Gasteiger partial charge in [-0.25, -0.2) is 10.8 Å². The molecule has 0 amide bonds. The first-order valence-corrected chi connectivity index (χ1v) is 5.07. The van der Waals surface area contributed by atoms with E-state index >= 15 is 0 Å². The Hall–Kier alpha value is -2.27. The van der Waals surface area contributed by atoms with Gasteiger partial charge in [-0.05, 0) is 18.2 Å². The Morgan fingerprint density at radius 1 is 1.18 bits per heavy atom. The van der Waals surface area contributed by atoms with Crippen LogP contribution in [0, 0.1) is 0 Å². The van der Waals surface area contributed by atoms with Crippen LogP contribution in [-0.2, 0) is 0 Å². The highest BCUT2D eigenvalue weighted by Gasteiger charge is 2.04. The highest BCUT2D eigenvalue weighted by Crippen LogP contribution is 2.31. The van der Waals surface area contributed by atoms with E-state index in [0.29, 0.717) is 23.1 Å². The minimum absolute atomic E-state index is 0.539. The predicted octanol–water partition coefficient (Wildman–Crippen LogP) is 2.17. The van der Waals surface area contributed by atoms with Crippen molar-refractivity contribution < 1.29 is 9.47 Å². The Bertz CT molecular complexity index is 503. The third-order valence-electron chi connectivity index (χ3n) is 2.18. The van der Waals surface area contributed by atoms with Crippen LogP contribution in [0.3, 0.4) is 0 Å². The number of nitrogens with one attached hydrogen (secondary N) is 1. The minimum atomic E-state index is 0.539. The van der Waals surface area contributed by atoms with Gasteiger partial charge in [-0.15, -0.1) is 0 Å². The number of para-hydroxylation sites is 2. The van der Waals surface area contributed by atoms with Crippen molar-refractivity contribution in [1.82, 2.24) is 4.98 Å². The average Bonchev–Trinajstić information content (AvgIpc) is 2.39. The Morgan fingerprint density at radius 2 is 1.94 bits per heavy atom. The van der Waals surface area contributed by atoms with E-state index in [4.69, 9.17) is 15.3 Å². The maximum atomic E-state index is 5.68. The molecule has 5 heteroatoms. The molecule has 2 rings (SSSR count). The molecule has 3 N–H and O–H groups in total. The van der Waals surface area contributed by atoms with Crippen molar-refractivity contribution in [3.63, 3.8) is 0 Å². The van der Waals surface area contributed by atoms with Crippen LogP contribution >= 0.6 is 0 Å². The quantitative estimate of drug-likeness (QED) is 0.623. The third kappa shape index (κ3) is 2.64. The molecule has 1 heterocycles. The standard InChI is InChI=1S/C12H13N3O2/c1-16-10-4-2-3-5-11(10)17-9-6-7-14-12(8-9)15-13/h2-8H,13H2,1H3,(H,14,15). The fourth-order valence-corrected chi connectivity index (χ4v) is 1.38. The molecule has 0 bridgehead atoms. The predicted molar refractivity (Wildman–Crippen MR) is 65.1 cm³/mol. The molecular formula is C12H13N3O2. The lowest BCUT2D eigenvalue weighted by atomic mass is 10.3. The fourth-order valence-electron chi connectivity index (χ4n) is 1.38. The van der Waals surface area contributed by atoms with Crippen molar-refractivity contribution in [2.24, 2.45) is 5.84 Å². The van der Waals surface area contributed by atoms with Crippen LogP contribution in [-0.4, -0.2) is 12.1 Å². The monoisotopic (exact) mass is 231 g/mol. The highest BCUT2D eigenvalue weighted by atomic mass is 16.5. The number of aromatic nitrogens is 1. The number of nitrogens with zero attached hydrogens (tertiary/aromatic N) is 1. The Kier molecular flexibility index (Phi) is 3.42. The summed E-state index contributed by atoms with van der Waals surface area (Å²) in [6.45, 7) is 0. The number of hydrogen-bond donors (Lipinski definition) is 2. The number of ether oxygens (including phenoxy) is 2. The van der Waals surface area contributed by atoms with Crippen LogP contribution in [0.2, 0.25) is 0 Å².